The lowest BCUT2D eigenvalue weighted by Crippen LogP contribution is -2.40. The van der Waals surface area contributed by atoms with E-state index in [0.29, 0.717) is 38.1 Å². The first-order valence-corrected chi connectivity index (χ1v) is 7.94. The van der Waals surface area contributed by atoms with E-state index in [9.17, 15) is 14.0 Å². The fraction of sp³-hybridized carbons (Fsp3) is 0.467. The van der Waals surface area contributed by atoms with Crippen LogP contribution in [0.3, 0.4) is 0 Å². The van der Waals surface area contributed by atoms with Crippen LogP contribution in [0.25, 0.3) is 0 Å². The van der Waals surface area contributed by atoms with Gasteiger partial charge < -0.3 is 10.0 Å². The lowest BCUT2D eigenvalue weighted by molar-refractivity contribution is -0.145. The van der Waals surface area contributed by atoms with Crippen LogP contribution in [-0.2, 0) is 9.59 Å². The molecule has 1 amide bonds. The standard InChI is InChI=1S/C15H18FNO3S/c16-12-1-3-13(4-2-12)21-10-7-14(18)17-8-5-11(6-9-17)15(19)20/h1-4,11H,5-10H2,(H,19,20). The number of carbonyl (C=O) groups excluding carboxylic acids is 1. The van der Waals surface area contributed by atoms with E-state index in [-0.39, 0.29) is 17.6 Å². The third-order valence-electron chi connectivity index (χ3n) is 3.60. The number of amides is 1. The fourth-order valence-electron chi connectivity index (χ4n) is 2.32. The zero-order valence-electron chi connectivity index (χ0n) is 11.6. The Bertz CT molecular complexity index is 498. The largest absolute Gasteiger partial charge is 0.481 e. The van der Waals surface area contributed by atoms with Crippen molar-refractivity contribution >= 4 is 23.6 Å². The van der Waals surface area contributed by atoms with E-state index in [0.717, 1.165) is 4.90 Å². The minimum absolute atomic E-state index is 0.0634. The van der Waals surface area contributed by atoms with Crippen LogP contribution in [0.4, 0.5) is 4.39 Å². The Morgan fingerprint density at radius 2 is 1.86 bits per heavy atom. The van der Waals surface area contributed by atoms with Crippen LogP contribution in [0.15, 0.2) is 29.2 Å². The van der Waals surface area contributed by atoms with Gasteiger partial charge in [0.15, 0.2) is 0 Å². The molecule has 1 aromatic rings. The Balaban J connectivity index is 1.70. The van der Waals surface area contributed by atoms with E-state index in [1.807, 2.05) is 0 Å². The van der Waals surface area contributed by atoms with Crippen molar-refractivity contribution in [1.29, 1.82) is 0 Å². The number of nitrogens with zero attached hydrogens (tertiary/aromatic N) is 1. The predicted molar refractivity (Wildman–Crippen MR) is 78.7 cm³/mol. The van der Waals surface area contributed by atoms with Gasteiger partial charge in [0.05, 0.1) is 5.92 Å². The summed E-state index contributed by atoms with van der Waals surface area (Å²) in [5.41, 5.74) is 0. The zero-order valence-corrected chi connectivity index (χ0v) is 12.4. The summed E-state index contributed by atoms with van der Waals surface area (Å²) in [4.78, 5) is 25.6. The van der Waals surface area contributed by atoms with Crippen molar-refractivity contribution in [2.75, 3.05) is 18.8 Å². The number of benzene rings is 1. The van der Waals surface area contributed by atoms with E-state index in [4.69, 9.17) is 5.11 Å². The van der Waals surface area contributed by atoms with Gasteiger partial charge in [0.25, 0.3) is 0 Å². The Hall–Kier alpha value is -1.56. The van der Waals surface area contributed by atoms with Crippen LogP contribution < -0.4 is 0 Å². The van der Waals surface area contributed by atoms with Gasteiger partial charge in [-0.25, -0.2) is 4.39 Å². The number of carboxylic acid groups (broad SMARTS) is 1. The lowest BCUT2D eigenvalue weighted by Gasteiger charge is -2.30. The first kappa shape index (κ1) is 15.8. The smallest absolute Gasteiger partial charge is 0.306 e. The van der Waals surface area contributed by atoms with Gasteiger partial charge >= 0.3 is 5.97 Å². The second-order valence-corrected chi connectivity index (χ2v) is 6.21. The summed E-state index contributed by atoms with van der Waals surface area (Å²) in [6.07, 6.45) is 1.48. The van der Waals surface area contributed by atoms with E-state index < -0.39 is 5.97 Å². The SMILES string of the molecule is O=C(O)C1CCN(C(=O)CCSc2ccc(F)cc2)CC1. The number of hydrogen-bond acceptors (Lipinski definition) is 3. The maximum Gasteiger partial charge on any atom is 0.306 e. The van der Waals surface area contributed by atoms with E-state index in [1.165, 1.54) is 23.9 Å². The fourth-order valence-corrected chi connectivity index (χ4v) is 3.16. The van der Waals surface area contributed by atoms with Gasteiger partial charge in [0, 0.05) is 30.2 Å². The van der Waals surface area contributed by atoms with E-state index in [1.54, 1.807) is 17.0 Å². The molecule has 1 aliphatic heterocycles. The monoisotopic (exact) mass is 311 g/mol. The predicted octanol–water partition coefficient (Wildman–Crippen LogP) is 2.63. The van der Waals surface area contributed by atoms with Crippen LogP contribution in [-0.4, -0.2) is 40.7 Å². The minimum Gasteiger partial charge on any atom is -0.481 e. The molecular weight excluding hydrogens is 293 g/mol. The molecule has 0 unspecified atom stereocenters. The van der Waals surface area contributed by atoms with Gasteiger partial charge in [0.2, 0.25) is 5.91 Å². The highest BCUT2D eigenvalue weighted by molar-refractivity contribution is 7.99. The van der Waals surface area contributed by atoms with Gasteiger partial charge in [-0.1, -0.05) is 0 Å². The summed E-state index contributed by atoms with van der Waals surface area (Å²) in [5.74, 6) is -0.648. The van der Waals surface area contributed by atoms with Crippen molar-refractivity contribution in [2.24, 2.45) is 5.92 Å². The Morgan fingerprint density at radius 1 is 1.24 bits per heavy atom. The quantitative estimate of drug-likeness (QED) is 0.849. The van der Waals surface area contributed by atoms with Crippen LogP contribution >= 0.6 is 11.8 Å². The molecule has 0 radical (unpaired) electrons. The molecule has 0 saturated carbocycles. The highest BCUT2D eigenvalue weighted by atomic mass is 32.2. The summed E-state index contributed by atoms with van der Waals surface area (Å²) < 4.78 is 12.8. The Kier molecular flexibility index (Phi) is 5.61. The molecule has 1 heterocycles. The summed E-state index contributed by atoms with van der Waals surface area (Å²) in [5, 5.41) is 8.92. The topological polar surface area (TPSA) is 57.6 Å². The molecule has 1 aliphatic rings. The van der Waals surface area contributed by atoms with Crippen molar-refractivity contribution in [2.45, 2.75) is 24.2 Å². The summed E-state index contributed by atoms with van der Waals surface area (Å²) in [6.45, 7) is 1.05. The second kappa shape index (κ2) is 7.45. The van der Waals surface area contributed by atoms with Gasteiger partial charge in [0.1, 0.15) is 5.82 Å². The zero-order chi connectivity index (χ0) is 15.2. The molecule has 6 heteroatoms. The molecule has 1 saturated heterocycles. The number of hydrogen-bond donors (Lipinski definition) is 1. The molecule has 1 aromatic carbocycles. The molecule has 0 atom stereocenters. The van der Waals surface area contributed by atoms with Crippen LogP contribution in [0, 0.1) is 11.7 Å². The number of carbonyl (C=O) groups is 2. The Morgan fingerprint density at radius 3 is 2.43 bits per heavy atom. The molecule has 1 fully saturated rings. The van der Waals surface area contributed by atoms with Crippen molar-refractivity contribution < 1.29 is 19.1 Å². The van der Waals surface area contributed by atoms with Crippen molar-refractivity contribution in [1.82, 2.24) is 4.90 Å². The average molecular weight is 311 g/mol. The van der Waals surface area contributed by atoms with E-state index in [2.05, 4.69) is 0 Å². The number of halogens is 1. The van der Waals surface area contributed by atoms with Crippen LogP contribution in [0.2, 0.25) is 0 Å². The molecule has 0 aromatic heterocycles. The Labute approximate surface area is 127 Å². The molecule has 2 rings (SSSR count). The molecule has 4 nitrogen and oxygen atoms in total. The molecule has 0 bridgehead atoms. The molecule has 114 valence electrons. The van der Waals surface area contributed by atoms with Gasteiger partial charge in [-0.15, -0.1) is 11.8 Å². The maximum atomic E-state index is 12.8. The summed E-state index contributed by atoms with van der Waals surface area (Å²) in [6, 6.07) is 6.20. The van der Waals surface area contributed by atoms with Crippen molar-refractivity contribution in [3.63, 3.8) is 0 Å². The number of likely N-dealkylation sites (tertiary alicyclic amines) is 1. The normalized spacial score (nSPS) is 16.0. The number of aliphatic carboxylic acids is 1. The number of piperidine rings is 1. The molecule has 21 heavy (non-hydrogen) atoms. The van der Waals surface area contributed by atoms with Crippen LogP contribution in [0.1, 0.15) is 19.3 Å². The van der Waals surface area contributed by atoms with Crippen LogP contribution in [0.5, 0.6) is 0 Å². The first-order valence-electron chi connectivity index (χ1n) is 6.95. The maximum absolute atomic E-state index is 12.8. The molecule has 0 aliphatic carbocycles. The molecular formula is C15H18FNO3S. The minimum atomic E-state index is -0.769. The average Bonchev–Trinajstić information content (AvgIpc) is 2.49. The van der Waals surface area contributed by atoms with Gasteiger partial charge in [-0.3, -0.25) is 9.59 Å². The van der Waals surface area contributed by atoms with Crippen molar-refractivity contribution in [3.8, 4) is 0 Å². The highest BCUT2D eigenvalue weighted by Gasteiger charge is 2.26. The number of carboxylic acids is 1. The third kappa shape index (κ3) is 4.74. The number of rotatable bonds is 5. The summed E-state index contributed by atoms with van der Waals surface area (Å²) in [7, 11) is 0. The molecule has 0 spiro atoms. The van der Waals surface area contributed by atoms with Crippen molar-refractivity contribution in [3.05, 3.63) is 30.1 Å². The van der Waals surface area contributed by atoms with Gasteiger partial charge in [-0.05, 0) is 37.1 Å². The lowest BCUT2D eigenvalue weighted by atomic mass is 9.97. The molecule has 1 N–H and O–H groups in total. The third-order valence-corrected chi connectivity index (χ3v) is 4.61. The number of thioether (sulfide) groups is 1. The second-order valence-electron chi connectivity index (χ2n) is 5.05. The van der Waals surface area contributed by atoms with Gasteiger partial charge in [-0.2, -0.15) is 0 Å². The highest BCUT2D eigenvalue weighted by Crippen LogP contribution is 2.21. The summed E-state index contributed by atoms with van der Waals surface area (Å²) >= 11 is 1.52. The first-order chi connectivity index (χ1) is 10.1. The van der Waals surface area contributed by atoms with E-state index >= 15 is 0 Å².